The van der Waals surface area contributed by atoms with Crippen molar-refractivity contribution in [1.29, 1.82) is 0 Å². The van der Waals surface area contributed by atoms with E-state index in [1.165, 1.54) is 36.1 Å². The van der Waals surface area contributed by atoms with E-state index in [4.69, 9.17) is 0 Å². The Kier molecular flexibility index (Phi) is 5.97. The Bertz CT molecular complexity index is 802. The van der Waals surface area contributed by atoms with Crippen molar-refractivity contribution in [3.05, 3.63) is 51.5 Å². The molecule has 0 spiro atoms. The van der Waals surface area contributed by atoms with Gasteiger partial charge in [0, 0.05) is 36.6 Å². The Morgan fingerprint density at radius 2 is 1.89 bits per heavy atom. The second-order valence-electron chi connectivity index (χ2n) is 8.02. The lowest BCUT2D eigenvalue weighted by molar-refractivity contribution is 0.114. The lowest BCUT2D eigenvalue weighted by Crippen LogP contribution is -2.52. The van der Waals surface area contributed by atoms with Gasteiger partial charge >= 0.3 is 0 Å². The molecule has 28 heavy (non-hydrogen) atoms. The monoisotopic (exact) mass is 397 g/mol. The predicted octanol–water partition coefficient (Wildman–Crippen LogP) is 3.62. The lowest BCUT2D eigenvalue weighted by Gasteiger charge is -2.39. The molecule has 3 heterocycles. The summed E-state index contributed by atoms with van der Waals surface area (Å²) in [6, 6.07) is 12.8. The van der Waals surface area contributed by atoms with E-state index in [1.54, 1.807) is 11.3 Å². The zero-order chi connectivity index (χ0) is 19.5. The first-order valence-corrected chi connectivity index (χ1v) is 11.1. The summed E-state index contributed by atoms with van der Waals surface area (Å²) in [7, 11) is 1.86. The normalized spacial score (nSPS) is 25.1. The maximum Gasteiger partial charge on any atom is 0.191 e. The maximum absolute atomic E-state index is 4.51. The molecule has 150 valence electrons. The van der Waals surface area contributed by atoms with E-state index in [0.29, 0.717) is 18.1 Å². The lowest BCUT2D eigenvalue weighted by atomic mass is 9.96. The highest BCUT2D eigenvalue weighted by Gasteiger charge is 2.40. The number of aromatic nitrogens is 1. The van der Waals surface area contributed by atoms with E-state index in [1.807, 2.05) is 7.05 Å². The van der Waals surface area contributed by atoms with E-state index >= 15 is 0 Å². The van der Waals surface area contributed by atoms with E-state index in [2.05, 4.69) is 69.7 Å². The Hall–Kier alpha value is -1.92. The summed E-state index contributed by atoms with van der Waals surface area (Å²) in [6.07, 6.45) is 5.04. The molecule has 0 radical (unpaired) electrons. The van der Waals surface area contributed by atoms with Crippen LogP contribution in [0, 0.1) is 13.8 Å². The molecular formula is C22H31N5S. The highest BCUT2D eigenvalue weighted by Crippen LogP contribution is 2.36. The van der Waals surface area contributed by atoms with Gasteiger partial charge in [-0.05, 0) is 45.1 Å². The summed E-state index contributed by atoms with van der Waals surface area (Å²) in [5.74, 6) is 0.909. The van der Waals surface area contributed by atoms with Crippen molar-refractivity contribution in [2.75, 3.05) is 7.05 Å². The third kappa shape index (κ3) is 4.39. The van der Waals surface area contributed by atoms with Gasteiger partial charge in [-0.15, -0.1) is 11.3 Å². The molecule has 1 aromatic heterocycles. The standard InChI is InChI=1S/C22H31N5S/c1-15-21(28-16(2)25-15)13-24-22(23-3)26-18-11-19-9-10-20(12-18)27(19)14-17-7-5-4-6-8-17/h4-8,18-20H,9-14H2,1-3H3,(H2,23,24,26). The molecule has 4 rings (SSSR count). The van der Waals surface area contributed by atoms with Gasteiger partial charge in [-0.3, -0.25) is 9.89 Å². The largest absolute Gasteiger partial charge is 0.354 e. The summed E-state index contributed by atoms with van der Waals surface area (Å²) in [6.45, 7) is 6.01. The van der Waals surface area contributed by atoms with Crippen molar-refractivity contribution in [3.8, 4) is 0 Å². The smallest absolute Gasteiger partial charge is 0.191 e. The van der Waals surface area contributed by atoms with Gasteiger partial charge in [0.15, 0.2) is 5.96 Å². The van der Waals surface area contributed by atoms with Crippen LogP contribution < -0.4 is 10.6 Å². The van der Waals surface area contributed by atoms with Gasteiger partial charge in [0.25, 0.3) is 0 Å². The summed E-state index contributed by atoms with van der Waals surface area (Å²) in [5.41, 5.74) is 2.55. The molecular weight excluding hydrogens is 366 g/mol. The highest BCUT2D eigenvalue weighted by molar-refractivity contribution is 7.11. The molecule has 0 aliphatic carbocycles. The fourth-order valence-electron chi connectivity index (χ4n) is 4.73. The van der Waals surface area contributed by atoms with Crippen LogP contribution in [0.15, 0.2) is 35.3 Å². The summed E-state index contributed by atoms with van der Waals surface area (Å²) in [5, 5.41) is 8.29. The molecule has 0 saturated carbocycles. The zero-order valence-electron chi connectivity index (χ0n) is 17.1. The average molecular weight is 398 g/mol. The molecule has 2 aliphatic rings. The number of nitrogens with one attached hydrogen (secondary N) is 2. The molecule has 2 N–H and O–H groups in total. The number of nitrogens with zero attached hydrogens (tertiary/aromatic N) is 3. The van der Waals surface area contributed by atoms with Crippen LogP contribution in [-0.4, -0.2) is 41.0 Å². The molecule has 2 atom stereocenters. The third-order valence-corrected chi connectivity index (χ3v) is 7.15. The number of hydrogen-bond acceptors (Lipinski definition) is 4. The minimum absolute atomic E-state index is 0.500. The quantitative estimate of drug-likeness (QED) is 0.598. The number of fused-ring (bicyclic) bond motifs is 2. The van der Waals surface area contributed by atoms with Crippen molar-refractivity contribution >= 4 is 17.3 Å². The number of thiazole rings is 1. The average Bonchev–Trinajstić information content (AvgIpc) is 3.13. The van der Waals surface area contributed by atoms with Gasteiger partial charge in [-0.2, -0.15) is 0 Å². The number of rotatable bonds is 5. The van der Waals surface area contributed by atoms with E-state index in [-0.39, 0.29) is 0 Å². The molecule has 2 saturated heterocycles. The van der Waals surface area contributed by atoms with Crippen molar-refractivity contribution in [1.82, 2.24) is 20.5 Å². The van der Waals surface area contributed by atoms with Gasteiger partial charge in [-0.1, -0.05) is 30.3 Å². The van der Waals surface area contributed by atoms with Crippen LogP contribution >= 0.6 is 11.3 Å². The Morgan fingerprint density at radius 1 is 1.18 bits per heavy atom. The van der Waals surface area contributed by atoms with Gasteiger partial charge in [0.1, 0.15) is 0 Å². The van der Waals surface area contributed by atoms with Crippen molar-refractivity contribution in [2.24, 2.45) is 4.99 Å². The Labute approximate surface area is 172 Å². The second kappa shape index (κ2) is 8.62. The molecule has 6 heteroatoms. The van der Waals surface area contributed by atoms with Gasteiger partial charge in [0.05, 0.1) is 17.2 Å². The van der Waals surface area contributed by atoms with Crippen LogP contribution in [0.5, 0.6) is 0 Å². The van der Waals surface area contributed by atoms with Crippen molar-refractivity contribution in [2.45, 2.75) is 70.7 Å². The summed E-state index contributed by atoms with van der Waals surface area (Å²) < 4.78 is 0. The fourth-order valence-corrected chi connectivity index (χ4v) is 5.61. The first kappa shape index (κ1) is 19.4. The van der Waals surface area contributed by atoms with Crippen LogP contribution in [0.2, 0.25) is 0 Å². The van der Waals surface area contributed by atoms with Gasteiger partial charge < -0.3 is 10.6 Å². The first-order chi connectivity index (χ1) is 13.6. The molecule has 2 unspecified atom stereocenters. The first-order valence-electron chi connectivity index (χ1n) is 10.3. The Balaban J connectivity index is 1.32. The van der Waals surface area contributed by atoms with Crippen LogP contribution in [0.4, 0.5) is 0 Å². The van der Waals surface area contributed by atoms with Crippen molar-refractivity contribution in [3.63, 3.8) is 0 Å². The van der Waals surface area contributed by atoms with E-state index < -0.39 is 0 Å². The third-order valence-electron chi connectivity index (χ3n) is 6.07. The van der Waals surface area contributed by atoms with Gasteiger partial charge in [0.2, 0.25) is 0 Å². The molecule has 0 amide bonds. The highest BCUT2D eigenvalue weighted by atomic mass is 32.1. The molecule has 2 bridgehead atoms. The summed E-state index contributed by atoms with van der Waals surface area (Å²) >= 11 is 1.76. The molecule has 5 nitrogen and oxygen atoms in total. The SMILES string of the molecule is CN=C(NCc1sc(C)nc1C)NC1CC2CCC(C1)N2Cc1ccccc1. The number of guanidine groups is 1. The minimum Gasteiger partial charge on any atom is -0.354 e. The maximum atomic E-state index is 4.51. The minimum atomic E-state index is 0.500. The molecule has 1 aromatic carbocycles. The van der Waals surface area contributed by atoms with E-state index in [9.17, 15) is 0 Å². The number of piperidine rings is 1. The number of aryl methyl sites for hydroxylation is 2. The second-order valence-corrected chi connectivity index (χ2v) is 9.31. The topological polar surface area (TPSA) is 52.6 Å². The van der Waals surface area contributed by atoms with Crippen LogP contribution in [0.1, 0.15) is 46.8 Å². The Morgan fingerprint density at radius 3 is 2.50 bits per heavy atom. The van der Waals surface area contributed by atoms with Gasteiger partial charge in [-0.25, -0.2) is 4.98 Å². The molecule has 2 fully saturated rings. The van der Waals surface area contributed by atoms with Crippen LogP contribution in [0.3, 0.4) is 0 Å². The number of benzene rings is 1. The molecule has 2 aromatic rings. The summed E-state index contributed by atoms with van der Waals surface area (Å²) in [4.78, 5) is 13.0. The van der Waals surface area contributed by atoms with E-state index in [0.717, 1.165) is 29.8 Å². The van der Waals surface area contributed by atoms with Crippen LogP contribution in [-0.2, 0) is 13.1 Å². The zero-order valence-corrected chi connectivity index (χ0v) is 17.9. The number of aliphatic imine (C=N–C) groups is 1. The predicted molar refractivity (Wildman–Crippen MR) is 117 cm³/mol. The van der Waals surface area contributed by atoms with Crippen molar-refractivity contribution < 1.29 is 0 Å². The number of hydrogen-bond donors (Lipinski definition) is 2. The van der Waals surface area contributed by atoms with Crippen LogP contribution in [0.25, 0.3) is 0 Å². The molecule has 2 aliphatic heterocycles. The fraction of sp³-hybridized carbons (Fsp3) is 0.545.